The summed E-state index contributed by atoms with van der Waals surface area (Å²) in [4.78, 5) is 0. The highest BCUT2D eigenvalue weighted by molar-refractivity contribution is 5.85. The van der Waals surface area contributed by atoms with E-state index in [1.807, 2.05) is 12.1 Å². The molecule has 114 valence electrons. The van der Waals surface area contributed by atoms with Gasteiger partial charge in [0.2, 0.25) is 0 Å². The summed E-state index contributed by atoms with van der Waals surface area (Å²) in [5.74, 6) is 1.54. The standard InChI is InChI=1S/C18H23NO.ClH/c1-13(2)10-14-4-6-15(7-5-14)18-11-17(20-3)9-8-16(18)12-19;/h4-9,11,13H,10,12,19H2,1-3H3;1H. The smallest absolute Gasteiger partial charge is 0.119 e. The first kappa shape index (κ1) is 17.5. The van der Waals surface area contributed by atoms with Crippen LogP contribution >= 0.6 is 12.4 Å². The van der Waals surface area contributed by atoms with Crippen molar-refractivity contribution in [2.75, 3.05) is 7.11 Å². The largest absolute Gasteiger partial charge is 0.497 e. The lowest BCUT2D eigenvalue weighted by Crippen LogP contribution is -2.00. The Bertz CT molecular complexity index is 564. The van der Waals surface area contributed by atoms with Crippen LogP contribution in [0.2, 0.25) is 0 Å². The minimum Gasteiger partial charge on any atom is -0.497 e. The van der Waals surface area contributed by atoms with Crippen molar-refractivity contribution >= 4 is 12.4 Å². The van der Waals surface area contributed by atoms with E-state index in [-0.39, 0.29) is 12.4 Å². The minimum absolute atomic E-state index is 0. The van der Waals surface area contributed by atoms with E-state index in [4.69, 9.17) is 10.5 Å². The molecule has 2 rings (SSSR count). The van der Waals surface area contributed by atoms with Crippen molar-refractivity contribution in [3.05, 3.63) is 53.6 Å². The van der Waals surface area contributed by atoms with Gasteiger partial charge in [-0.1, -0.05) is 44.2 Å². The summed E-state index contributed by atoms with van der Waals surface area (Å²) in [5, 5.41) is 0. The van der Waals surface area contributed by atoms with Crippen molar-refractivity contribution < 1.29 is 4.74 Å². The Kier molecular flexibility index (Phi) is 6.73. The van der Waals surface area contributed by atoms with Gasteiger partial charge in [-0.3, -0.25) is 0 Å². The summed E-state index contributed by atoms with van der Waals surface area (Å²) < 4.78 is 5.31. The van der Waals surface area contributed by atoms with E-state index in [1.54, 1.807) is 7.11 Å². The van der Waals surface area contributed by atoms with Gasteiger partial charge in [0, 0.05) is 6.54 Å². The maximum atomic E-state index is 5.83. The van der Waals surface area contributed by atoms with Gasteiger partial charge in [-0.2, -0.15) is 0 Å². The summed E-state index contributed by atoms with van der Waals surface area (Å²) in [6, 6.07) is 14.8. The van der Waals surface area contributed by atoms with Crippen molar-refractivity contribution in [2.24, 2.45) is 11.7 Å². The molecule has 2 nitrogen and oxygen atoms in total. The maximum Gasteiger partial charge on any atom is 0.119 e. The molecule has 0 fully saturated rings. The summed E-state index contributed by atoms with van der Waals surface area (Å²) in [7, 11) is 1.69. The van der Waals surface area contributed by atoms with Crippen LogP contribution in [0.15, 0.2) is 42.5 Å². The van der Waals surface area contributed by atoms with Gasteiger partial charge >= 0.3 is 0 Å². The van der Waals surface area contributed by atoms with Crippen LogP contribution in [0.3, 0.4) is 0 Å². The zero-order valence-corrected chi connectivity index (χ0v) is 13.7. The lowest BCUT2D eigenvalue weighted by Gasteiger charge is -2.11. The molecule has 2 aromatic rings. The second-order valence-electron chi connectivity index (χ2n) is 5.52. The summed E-state index contributed by atoms with van der Waals surface area (Å²) >= 11 is 0. The predicted octanol–water partition coefficient (Wildman–Crippen LogP) is 4.44. The van der Waals surface area contributed by atoms with E-state index < -0.39 is 0 Å². The molecule has 2 aromatic carbocycles. The second kappa shape index (κ2) is 8.06. The number of benzene rings is 2. The molecule has 0 saturated carbocycles. The second-order valence-corrected chi connectivity index (χ2v) is 5.52. The number of ether oxygens (including phenoxy) is 1. The van der Waals surface area contributed by atoms with E-state index in [0.717, 1.165) is 23.3 Å². The zero-order chi connectivity index (χ0) is 14.5. The van der Waals surface area contributed by atoms with Crippen LogP contribution in [0, 0.1) is 5.92 Å². The van der Waals surface area contributed by atoms with Crippen LogP contribution in [0.5, 0.6) is 5.75 Å². The molecule has 0 bridgehead atoms. The number of halogens is 1. The highest BCUT2D eigenvalue weighted by Gasteiger charge is 2.06. The van der Waals surface area contributed by atoms with E-state index in [2.05, 4.69) is 44.2 Å². The van der Waals surface area contributed by atoms with Crippen molar-refractivity contribution in [3.63, 3.8) is 0 Å². The summed E-state index contributed by atoms with van der Waals surface area (Å²) in [6.45, 7) is 5.01. The molecule has 21 heavy (non-hydrogen) atoms. The minimum atomic E-state index is 0. The van der Waals surface area contributed by atoms with E-state index >= 15 is 0 Å². The third-order valence-electron chi connectivity index (χ3n) is 3.45. The van der Waals surface area contributed by atoms with Gasteiger partial charge in [-0.15, -0.1) is 12.4 Å². The molecular weight excluding hydrogens is 282 g/mol. The molecular formula is C18H24ClNO. The topological polar surface area (TPSA) is 35.2 Å². The highest BCUT2D eigenvalue weighted by Crippen LogP contribution is 2.28. The number of nitrogens with two attached hydrogens (primary N) is 1. The number of methoxy groups -OCH3 is 1. The molecule has 0 aromatic heterocycles. The monoisotopic (exact) mass is 305 g/mol. The molecule has 0 atom stereocenters. The van der Waals surface area contributed by atoms with Gasteiger partial charge in [-0.25, -0.2) is 0 Å². The molecule has 0 unspecified atom stereocenters. The van der Waals surface area contributed by atoms with Gasteiger partial charge in [0.25, 0.3) is 0 Å². The fraction of sp³-hybridized carbons (Fsp3) is 0.333. The van der Waals surface area contributed by atoms with Crippen LogP contribution in [-0.4, -0.2) is 7.11 Å². The van der Waals surface area contributed by atoms with E-state index in [0.29, 0.717) is 12.5 Å². The predicted molar refractivity (Wildman–Crippen MR) is 92.1 cm³/mol. The molecule has 0 aliphatic heterocycles. The van der Waals surface area contributed by atoms with Crippen molar-refractivity contribution in [1.82, 2.24) is 0 Å². The quantitative estimate of drug-likeness (QED) is 0.886. The number of hydrogen-bond donors (Lipinski definition) is 1. The van der Waals surface area contributed by atoms with Gasteiger partial charge in [0.1, 0.15) is 5.75 Å². The fourth-order valence-corrected chi connectivity index (χ4v) is 2.42. The van der Waals surface area contributed by atoms with Gasteiger partial charge in [0.05, 0.1) is 7.11 Å². The van der Waals surface area contributed by atoms with Crippen molar-refractivity contribution in [3.8, 4) is 16.9 Å². The average molecular weight is 306 g/mol. The van der Waals surface area contributed by atoms with Crippen LogP contribution in [0.4, 0.5) is 0 Å². The molecule has 0 saturated heterocycles. The maximum absolute atomic E-state index is 5.83. The Hall–Kier alpha value is -1.51. The summed E-state index contributed by atoms with van der Waals surface area (Å²) in [5.41, 5.74) is 10.7. The fourth-order valence-electron chi connectivity index (χ4n) is 2.42. The third-order valence-corrected chi connectivity index (χ3v) is 3.45. The molecule has 3 heteroatoms. The normalized spacial score (nSPS) is 10.3. The van der Waals surface area contributed by atoms with Crippen LogP contribution < -0.4 is 10.5 Å². The number of hydrogen-bond acceptors (Lipinski definition) is 2. The first-order chi connectivity index (χ1) is 9.63. The Labute approximate surface area is 133 Å². The number of rotatable bonds is 5. The third kappa shape index (κ3) is 4.48. The van der Waals surface area contributed by atoms with Crippen LogP contribution in [0.1, 0.15) is 25.0 Å². The molecule has 0 heterocycles. The Balaban J connectivity index is 0.00000220. The van der Waals surface area contributed by atoms with Crippen LogP contribution in [-0.2, 0) is 13.0 Å². The van der Waals surface area contributed by atoms with E-state index in [9.17, 15) is 0 Å². The van der Waals surface area contributed by atoms with Gasteiger partial charge in [-0.05, 0) is 46.7 Å². The highest BCUT2D eigenvalue weighted by atomic mass is 35.5. The van der Waals surface area contributed by atoms with Gasteiger partial charge < -0.3 is 10.5 Å². The molecule has 0 radical (unpaired) electrons. The summed E-state index contributed by atoms with van der Waals surface area (Å²) in [6.07, 6.45) is 1.11. The Morgan fingerprint density at radius 3 is 2.24 bits per heavy atom. The lowest BCUT2D eigenvalue weighted by molar-refractivity contribution is 0.415. The first-order valence-electron chi connectivity index (χ1n) is 7.10. The molecule has 0 aliphatic rings. The van der Waals surface area contributed by atoms with Gasteiger partial charge in [0.15, 0.2) is 0 Å². The Morgan fingerprint density at radius 2 is 1.71 bits per heavy atom. The molecule has 2 N–H and O–H groups in total. The first-order valence-corrected chi connectivity index (χ1v) is 7.10. The lowest BCUT2D eigenvalue weighted by atomic mass is 9.96. The Morgan fingerprint density at radius 1 is 1.05 bits per heavy atom. The van der Waals surface area contributed by atoms with Crippen molar-refractivity contribution in [2.45, 2.75) is 26.8 Å². The average Bonchev–Trinajstić information content (AvgIpc) is 2.46. The molecule has 0 aliphatic carbocycles. The van der Waals surface area contributed by atoms with Crippen LogP contribution in [0.25, 0.3) is 11.1 Å². The SMILES string of the molecule is COc1ccc(CN)c(-c2ccc(CC(C)C)cc2)c1.Cl. The van der Waals surface area contributed by atoms with Crippen molar-refractivity contribution in [1.29, 1.82) is 0 Å². The van der Waals surface area contributed by atoms with E-state index in [1.165, 1.54) is 11.1 Å². The molecule has 0 spiro atoms. The zero-order valence-electron chi connectivity index (χ0n) is 12.9. The molecule has 0 amide bonds.